The van der Waals surface area contributed by atoms with E-state index in [0.717, 1.165) is 17.1 Å². The topological polar surface area (TPSA) is 3.24 Å². The second-order valence-electron chi connectivity index (χ2n) is 17.2. The maximum Gasteiger partial charge on any atom is 0.0624 e. The van der Waals surface area contributed by atoms with E-state index in [1.54, 1.807) is 0 Å². The van der Waals surface area contributed by atoms with Gasteiger partial charge in [-0.05, 0) is 134 Å². The summed E-state index contributed by atoms with van der Waals surface area (Å²) in [6.07, 6.45) is 0. The average molecular weight is 824 g/mol. The average Bonchev–Trinajstić information content (AvgIpc) is 3.39. The minimum absolute atomic E-state index is 1.09. The van der Waals surface area contributed by atoms with Crippen LogP contribution in [-0.4, -0.2) is 0 Å². The predicted molar refractivity (Wildman–Crippen MR) is 280 cm³/mol. The zero-order valence-corrected chi connectivity index (χ0v) is 35.6. The summed E-state index contributed by atoms with van der Waals surface area (Å²) in [5, 5.41) is 17.5. The minimum atomic E-state index is 1.09. The molecule has 0 amide bonds. The molecule has 13 aromatic rings. The third-order valence-corrected chi connectivity index (χ3v) is 13.6. The Labute approximate surface area is 377 Å². The number of anilines is 3. The third kappa shape index (κ3) is 6.09. The molecule has 0 N–H and O–H groups in total. The van der Waals surface area contributed by atoms with E-state index in [4.69, 9.17) is 0 Å². The minimum Gasteiger partial charge on any atom is -0.309 e. The molecule has 13 rings (SSSR count). The fraction of sp³-hybridized carbons (Fsp3) is 0. The van der Waals surface area contributed by atoms with Crippen molar-refractivity contribution in [2.24, 2.45) is 0 Å². The first-order chi connectivity index (χ1) is 32.2. The molecule has 0 atom stereocenters. The fourth-order valence-corrected chi connectivity index (χ4v) is 10.6. The zero-order chi connectivity index (χ0) is 42.8. The van der Waals surface area contributed by atoms with Crippen LogP contribution in [0.5, 0.6) is 0 Å². The Morgan fingerprint density at radius 2 is 0.646 bits per heavy atom. The van der Waals surface area contributed by atoms with Crippen molar-refractivity contribution in [3.8, 4) is 33.4 Å². The van der Waals surface area contributed by atoms with Gasteiger partial charge in [-0.2, -0.15) is 0 Å². The van der Waals surface area contributed by atoms with E-state index in [1.165, 1.54) is 109 Å². The third-order valence-electron chi connectivity index (χ3n) is 13.6. The summed E-state index contributed by atoms with van der Waals surface area (Å²) in [4.78, 5) is 2.50. The number of nitrogens with zero attached hydrogens (tertiary/aromatic N) is 1. The maximum absolute atomic E-state index is 2.50. The van der Waals surface area contributed by atoms with Gasteiger partial charge in [0.2, 0.25) is 0 Å². The van der Waals surface area contributed by atoms with Crippen LogP contribution in [0.4, 0.5) is 17.1 Å². The summed E-state index contributed by atoms with van der Waals surface area (Å²) in [6, 6.07) is 91.8. The second kappa shape index (κ2) is 15.1. The van der Waals surface area contributed by atoms with Gasteiger partial charge in [-0.3, -0.25) is 0 Å². The van der Waals surface area contributed by atoms with Crippen LogP contribution in [0.25, 0.3) is 109 Å². The van der Waals surface area contributed by atoms with E-state index in [9.17, 15) is 0 Å². The lowest BCUT2D eigenvalue weighted by atomic mass is 9.89. The molecule has 13 aromatic carbocycles. The Hall–Kier alpha value is -8.52. The number of hydrogen-bond donors (Lipinski definition) is 0. The molecule has 302 valence electrons. The monoisotopic (exact) mass is 823 g/mol. The smallest absolute Gasteiger partial charge is 0.0624 e. The highest BCUT2D eigenvalue weighted by Crippen LogP contribution is 2.50. The summed E-state index contributed by atoms with van der Waals surface area (Å²) in [5.74, 6) is 0. The number of hydrogen-bond acceptors (Lipinski definition) is 1. The molecule has 65 heavy (non-hydrogen) atoms. The van der Waals surface area contributed by atoms with E-state index in [1.807, 2.05) is 0 Å². The zero-order valence-electron chi connectivity index (χ0n) is 35.6. The number of benzene rings is 13. The lowest BCUT2D eigenvalue weighted by Gasteiger charge is -2.31. The molecule has 0 aromatic heterocycles. The molecular weight excluding hydrogens is 783 g/mol. The van der Waals surface area contributed by atoms with Crippen molar-refractivity contribution in [2.75, 3.05) is 4.90 Å². The molecule has 0 radical (unpaired) electrons. The Morgan fingerprint density at radius 1 is 0.215 bits per heavy atom. The van der Waals surface area contributed by atoms with Crippen LogP contribution in [0.15, 0.2) is 249 Å². The SMILES string of the molecule is c1ccc2cc(-c3c(N(c4ccc(-c5ccc6c7ccccc7c7ccccc7c6c5)cc4)c4ccc(-c5cccc6ccccc56)cc4)c4ccccc4c4ccccc34)ccc2c1. The van der Waals surface area contributed by atoms with Crippen LogP contribution in [0.2, 0.25) is 0 Å². The lowest BCUT2D eigenvalue weighted by molar-refractivity contribution is 1.30. The Morgan fingerprint density at radius 3 is 1.29 bits per heavy atom. The molecule has 0 heterocycles. The summed E-state index contributed by atoms with van der Waals surface area (Å²) in [7, 11) is 0. The van der Waals surface area contributed by atoms with Gasteiger partial charge in [0, 0.05) is 22.3 Å². The van der Waals surface area contributed by atoms with Gasteiger partial charge in [0.05, 0.1) is 5.69 Å². The molecule has 0 spiro atoms. The van der Waals surface area contributed by atoms with Gasteiger partial charge >= 0.3 is 0 Å². The first kappa shape index (κ1) is 37.1. The molecule has 0 aliphatic carbocycles. The molecule has 0 saturated heterocycles. The van der Waals surface area contributed by atoms with Crippen LogP contribution in [0.1, 0.15) is 0 Å². The standard InChI is InChI=1S/C64H41N/c1-2-16-46-40-48(29-28-42(46)14-1)63-60-25-11-9-22-56(60)57-23-10-12-26-61(57)64(63)65(50-37-32-45(33-38-50)52-27-13-17-44-15-3-4-18-51(44)52)49-35-30-43(31-36-49)47-34-39-59-55-21-6-5-19-53(55)54-20-7-8-24-58(54)62(59)41-47/h1-41H. The van der Waals surface area contributed by atoms with Crippen molar-refractivity contribution >= 4 is 92.5 Å². The molecule has 0 fully saturated rings. The summed E-state index contributed by atoms with van der Waals surface area (Å²) in [6.45, 7) is 0. The van der Waals surface area contributed by atoms with Crippen LogP contribution in [0.3, 0.4) is 0 Å². The van der Waals surface area contributed by atoms with Crippen molar-refractivity contribution in [3.05, 3.63) is 249 Å². The van der Waals surface area contributed by atoms with Crippen LogP contribution in [0, 0.1) is 0 Å². The van der Waals surface area contributed by atoms with Gasteiger partial charge in [0.1, 0.15) is 0 Å². The first-order valence-corrected chi connectivity index (χ1v) is 22.5. The Balaban J connectivity index is 1.04. The van der Waals surface area contributed by atoms with Gasteiger partial charge in [0.15, 0.2) is 0 Å². The Kier molecular flexibility index (Phi) is 8.60. The largest absolute Gasteiger partial charge is 0.309 e. The van der Waals surface area contributed by atoms with Crippen molar-refractivity contribution < 1.29 is 0 Å². The molecular formula is C64H41N. The second-order valence-corrected chi connectivity index (χ2v) is 17.2. The number of fused-ring (bicyclic) bond motifs is 11. The van der Waals surface area contributed by atoms with Crippen LogP contribution in [-0.2, 0) is 0 Å². The van der Waals surface area contributed by atoms with Crippen LogP contribution >= 0.6 is 0 Å². The number of rotatable bonds is 6. The summed E-state index contributed by atoms with van der Waals surface area (Å²) >= 11 is 0. The molecule has 0 aliphatic rings. The molecule has 0 unspecified atom stereocenters. The van der Waals surface area contributed by atoms with E-state index in [0.29, 0.717) is 0 Å². The highest BCUT2D eigenvalue weighted by molar-refractivity contribution is 6.26. The van der Waals surface area contributed by atoms with Crippen molar-refractivity contribution in [2.45, 2.75) is 0 Å². The summed E-state index contributed by atoms with van der Waals surface area (Å²) < 4.78 is 0. The molecule has 0 saturated carbocycles. The van der Waals surface area contributed by atoms with E-state index >= 15 is 0 Å². The highest BCUT2D eigenvalue weighted by atomic mass is 15.1. The van der Waals surface area contributed by atoms with E-state index in [-0.39, 0.29) is 0 Å². The molecule has 0 bridgehead atoms. The Bertz CT molecular complexity index is 3950. The maximum atomic E-state index is 2.50. The van der Waals surface area contributed by atoms with Gasteiger partial charge in [-0.25, -0.2) is 0 Å². The molecule has 0 aliphatic heterocycles. The van der Waals surface area contributed by atoms with Gasteiger partial charge < -0.3 is 4.90 Å². The molecule has 1 nitrogen and oxygen atoms in total. The molecule has 1 heteroatoms. The van der Waals surface area contributed by atoms with Gasteiger partial charge in [0.25, 0.3) is 0 Å². The van der Waals surface area contributed by atoms with Gasteiger partial charge in [-0.1, -0.05) is 212 Å². The fourth-order valence-electron chi connectivity index (χ4n) is 10.6. The lowest BCUT2D eigenvalue weighted by Crippen LogP contribution is -2.12. The van der Waals surface area contributed by atoms with Gasteiger partial charge in [-0.15, -0.1) is 0 Å². The van der Waals surface area contributed by atoms with Crippen molar-refractivity contribution in [1.82, 2.24) is 0 Å². The van der Waals surface area contributed by atoms with Crippen LogP contribution < -0.4 is 4.90 Å². The highest BCUT2D eigenvalue weighted by Gasteiger charge is 2.24. The first-order valence-electron chi connectivity index (χ1n) is 22.5. The summed E-state index contributed by atoms with van der Waals surface area (Å²) in [5.41, 5.74) is 10.5. The van der Waals surface area contributed by atoms with Crippen molar-refractivity contribution in [1.29, 1.82) is 0 Å². The van der Waals surface area contributed by atoms with Crippen molar-refractivity contribution in [3.63, 3.8) is 0 Å². The quantitative estimate of drug-likeness (QED) is 0.151. The van der Waals surface area contributed by atoms with E-state index < -0.39 is 0 Å². The van der Waals surface area contributed by atoms with E-state index in [2.05, 4.69) is 254 Å². The predicted octanol–water partition coefficient (Wildman–Crippen LogP) is 18.2. The normalized spacial score (nSPS) is 11.7.